The summed E-state index contributed by atoms with van der Waals surface area (Å²) >= 11 is 1.46. The largest absolute Gasteiger partial charge is 0.322 e. The Labute approximate surface area is 177 Å². The van der Waals surface area contributed by atoms with Crippen LogP contribution in [0.25, 0.3) is 10.1 Å². The maximum absolute atomic E-state index is 13.9. The number of carbonyl (C=O) groups is 1. The molecule has 0 aliphatic carbocycles. The van der Waals surface area contributed by atoms with E-state index in [0.29, 0.717) is 16.8 Å². The molecule has 0 atom stereocenters. The van der Waals surface area contributed by atoms with E-state index in [1.54, 1.807) is 24.4 Å². The average Bonchev–Trinajstić information content (AvgIpc) is 3.15. The minimum atomic E-state index is -4.05. The second-order valence-electron chi connectivity index (χ2n) is 6.67. The Kier molecular flexibility index (Phi) is 5.27. The third-order valence-corrected chi connectivity index (χ3v) is 7.05. The van der Waals surface area contributed by atoms with Crippen LogP contribution in [0.3, 0.4) is 0 Å². The van der Waals surface area contributed by atoms with Crippen molar-refractivity contribution in [1.29, 1.82) is 0 Å². The molecule has 3 aromatic carbocycles. The zero-order valence-electron chi connectivity index (χ0n) is 15.8. The molecule has 0 aliphatic heterocycles. The molecule has 0 saturated carbocycles. The van der Waals surface area contributed by atoms with Gasteiger partial charge in [-0.15, -0.1) is 11.3 Å². The van der Waals surface area contributed by atoms with Crippen LogP contribution >= 0.6 is 11.3 Å². The van der Waals surface area contributed by atoms with Crippen molar-refractivity contribution in [3.05, 3.63) is 89.1 Å². The summed E-state index contributed by atoms with van der Waals surface area (Å²) < 4.78 is 42.8. The number of halogens is 1. The number of sulfonamides is 1. The minimum Gasteiger partial charge on any atom is -0.322 e. The van der Waals surface area contributed by atoms with Crippen LogP contribution in [0.4, 0.5) is 15.8 Å². The lowest BCUT2D eigenvalue weighted by Crippen LogP contribution is -2.16. The number of thiophene rings is 1. The summed E-state index contributed by atoms with van der Waals surface area (Å²) in [5.41, 5.74) is 1.17. The maximum Gasteiger partial charge on any atom is 0.262 e. The third-order valence-electron chi connectivity index (χ3n) is 4.58. The molecule has 1 aromatic heterocycles. The third kappa shape index (κ3) is 3.92. The number of anilines is 2. The minimum absolute atomic E-state index is 0.0428. The first-order valence-corrected chi connectivity index (χ1v) is 11.4. The number of hydrogen-bond donors (Lipinski definition) is 2. The van der Waals surface area contributed by atoms with E-state index in [0.717, 1.165) is 10.1 Å². The highest BCUT2D eigenvalue weighted by atomic mass is 32.2. The van der Waals surface area contributed by atoms with Crippen molar-refractivity contribution in [3.63, 3.8) is 0 Å². The number of para-hydroxylation sites is 1. The summed E-state index contributed by atoms with van der Waals surface area (Å²) in [7, 11) is -4.05. The molecule has 152 valence electrons. The lowest BCUT2D eigenvalue weighted by atomic mass is 10.1. The van der Waals surface area contributed by atoms with Crippen LogP contribution in [-0.4, -0.2) is 14.3 Å². The molecular weight excluding hydrogens is 423 g/mol. The smallest absolute Gasteiger partial charge is 0.262 e. The number of aryl methyl sites for hydroxylation is 1. The molecule has 30 heavy (non-hydrogen) atoms. The van der Waals surface area contributed by atoms with Crippen LogP contribution in [0, 0.1) is 12.7 Å². The molecule has 0 bridgehead atoms. The lowest BCUT2D eigenvalue weighted by molar-refractivity contribution is 0.102. The van der Waals surface area contributed by atoms with Gasteiger partial charge in [0.2, 0.25) is 0 Å². The molecule has 0 spiro atoms. The van der Waals surface area contributed by atoms with Crippen LogP contribution in [-0.2, 0) is 10.0 Å². The standard InChI is InChI=1S/C22H17FN2O3S2/c1-14-10-11-15(24-22(26)17-13-29-20-9-5-2-6-16(17)20)12-21(14)30(27,28)25-19-8-4-3-7-18(19)23/h2-13,25H,1H3,(H,24,26). The van der Waals surface area contributed by atoms with Gasteiger partial charge in [-0.1, -0.05) is 36.4 Å². The Morgan fingerprint density at radius 1 is 1.00 bits per heavy atom. The molecule has 0 aliphatic rings. The highest BCUT2D eigenvalue weighted by molar-refractivity contribution is 7.92. The summed E-state index contributed by atoms with van der Waals surface area (Å²) in [6.45, 7) is 1.63. The van der Waals surface area contributed by atoms with Crippen molar-refractivity contribution in [1.82, 2.24) is 0 Å². The fourth-order valence-electron chi connectivity index (χ4n) is 3.06. The first-order chi connectivity index (χ1) is 14.3. The zero-order chi connectivity index (χ0) is 21.3. The predicted octanol–water partition coefficient (Wildman–Crippen LogP) is 5.40. The molecule has 0 radical (unpaired) electrons. The van der Waals surface area contributed by atoms with Gasteiger partial charge in [0.25, 0.3) is 15.9 Å². The van der Waals surface area contributed by atoms with E-state index in [2.05, 4.69) is 10.0 Å². The zero-order valence-corrected chi connectivity index (χ0v) is 17.5. The van der Waals surface area contributed by atoms with Gasteiger partial charge < -0.3 is 5.32 Å². The summed E-state index contributed by atoms with van der Waals surface area (Å²) in [4.78, 5) is 12.7. The average molecular weight is 441 g/mol. The number of hydrogen-bond acceptors (Lipinski definition) is 4. The Morgan fingerprint density at radius 2 is 1.73 bits per heavy atom. The van der Waals surface area contributed by atoms with Gasteiger partial charge in [0.15, 0.2) is 0 Å². The van der Waals surface area contributed by atoms with Gasteiger partial charge in [0.1, 0.15) is 5.82 Å². The first kappa shape index (κ1) is 20.1. The predicted molar refractivity (Wildman–Crippen MR) is 118 cm³/mol. The van der Waals surface area contributed by atoms with E-state index in [1.807, 2.05) is 24.3 Å². The number of nitrogens with one attached hydrogen (secondary N) is 2. The Bertz CT molecular complexity index is 1360. The Hall–Kier alpha value is -3.23. The summed E-state index contributed by atoms with van der Waals surface area (Å²) in [6.07, 6.45) is 0. The normalized spacial score (nSPS) is 11.4. The Morgan fingerprint density at radius 3 is 2.53 bits per heavy atom. The van der Waals surface area contributed by atoms with Gasteiger partial charge in [-0.2, -0.15) is 0 Å². The van der Waals surface area contributed by atoms with E-state index < -0.39 is 15.8 Å². The molecule has 0 fully saturated rings. The number of rotatable bonds is 5. The van der Waals surface area contributed by atoms with Gasteiger partial charge in [-0.25, -0.2) is 12.8 Å². The van der Waals surface area contributed by atoms with Gasteiger partial charge in [0, 0.05) is 21.2 Å². The molecule has 5 nitrogen and oxygen atoms in total. The quantitative estimate of drug-likeness (QED) is 0.436. The van der Waals surface area contributed by atoms with Gasteiger partial charge in [-0.05, 0) is 42.8 Å². The Balaban J connectivity index is 1.63. The van der Waals surface area contributed by atoms with Crippen LogP contribution in [0.2, 0.25) is 0 Å². The molecule has 1 amide bonds. The highest BCUT2D eigenvalue weighted by Gasteiger charge is 2.20. The highest BCUT2D eigenvalue weighted by Crippen LogP contribution is 2.28. The van der Waals surface area contributed by atoms with Crippen LogP contribution in [0.1, 0.15) is 15.9 Å². The number of benzene rings is 3. The van der Waals surface area contributed by atoms with Crippen LogP contribution in [0.15, 0.2) is 77.0 Å². The molecule has 0 saturated heterocycles. The number of fused-ring (bicyclic) bond motifs is 1. The van der Waals surface area contributed by atoms with Crippen molar-refractivity contribution < 1.29 is 17.6 Å². The molecule has 8 heteroatoms. The summed E-state index contributed by atoms with van der Waals surface area (Å²) in [5, 5.41) is 5.36. The van der Waals surface area contributed by atoms with Crippen molar-refractivity contribution >= 4 is 48.7 Å². The van der Waals surface area contributed by atoms with E-state index in [-0.39, 0.29) is 16.5 Å². The first-order valence-electron chi connectivity index (χ1n) is 9.01. The molecular formula is C22H17FN2O3S2. The van der Waals surface area contributed by atoms with Crippen molar-refractivity contribution in [2.75, 3.05) is 10.0 Å². The van der Waals surface area contributed by atoms with Crippen molar-refractivity contribution in [2.24, 2.45) is 0 Å². The second-order valence-corrected chi connectivity index (χ2v) is 9.23. The van der Waals surface area contributed by atoms with E-state index >= 15 is 0 Å². The molecule has 0 unspecified atom stereocenters. The number of amides is 1. The summed E-state index contributed by atoms with van der Waals surface area (Å²) in [5.74, 6) is -1.01. The fourth-order valence-corrected chi connectivity index (χ4v) is 5.34. The van der Waals surface area contributed by atoms with E-state index in [1.165, 1.54) is 41.7 Å². The van der Waals surface area contributed by atoms with Crippen molar-refractivity contribution in [2.45, 2.75) is 11.8 Å². The molecule has 4 rings (SSSR count). The maximum atomic E-state index is 13.9. The van der Waals surface area contributed by atoms with E-state index in [4.69, 9.17) is 0 Å². The van der Waals surface area contributed by atoms with Gasteiger partial charge in [-0.3, -0.25) is 9.52 Å². The second kappa shape index (κ2) is 7.89. The SMILES string of the molecule is Cc1ccc(NC(=O)c2csc3ccccc23)cc1S(=O)(=O)Nc1ccccc1F. The lowest BCUT2D eigenvalue weighted by Gasteiger charge is -2.13. The fraction of sp³-hybridized carbons (Fsp3) is 0.0455. The van der Waals surface area contributed by atoms with Crippen molar-refractivity contribution in [3.8, 4) is 0 Å². The molecule has 2 N–H and O–H groups in total. The summed E-state index contributed by atoms with van der Waals surface area (Å²) in [6, 6.07) is 17.7. The topological polar surface area (TPSA) is 75.3 Å². The van der Waals surface area contributed by atoms with Gasteiger partial charge in [0.05, 0.1) is 16.1 Å². The van der Waals surface area contributed by atoms with E-state index in [9.17, 15) is 17.6 Å². The number of carbonyl (C=O) groups excluding carboxylic acids is 1. The van der Waals surface area contributed by atoms with Crippen LogP contribution < -0.4 is 10.0 Å². The monoisotopic (exact) mass is 440 g/mol. The molecule has 4 aromatic rings. The van der Waals surface area contributed by atoms with Gasteiger partial charge >= 0.3 is 0 Å². The molecule has 1 heterocycles. The van der Waals surface area contributed by atoms with Crippen LogP contribution in [0.5, 0.6) is 0 Å².